The zero-order valence-electron chi connectivity index (χ0n) is 13.5. The van der Waals surface area contributed by atoms with Crippen molar-refractivity contribution in [2.45, 2.75) is 17.7 Å². The van der Waals surface area contributed by atoms with Crippen molar-refractivity contribution in [3.8, 4) is 5.75 Å². The highest BCUT2D eigenvalue weighted by Crippen LogP contribution is 2.34. The Kier molecular flexibility index (Phi) is 4.63. The van der Waals surface area contributed by atoms with Gasteiger partial charge in [0.15, 0.2) is 0 Å². The first-order valence-corrected chi connectivity index (χ1v) is 9.16. The van der Waals surface area contributed by atoms with Crippen LogP contribution in [-0.4, -0.2) is 28.0 Å². The molecule has 1 aliphatic rings. The summed E-state index contributed by atoms with van der Waals surface area (Å²) in [7, 11) is -2.56. The van der Waals surface area contributed by atoms with E-state index in [4.69, 9.17) is 4.74 Å². The van der Waals surface area contributed by atoms with E-state index in [9.17, 15) is 17.6 Å². The van der Waals surface area contributed by atoms with Crippen LogP contribution in [0.25, 0.3) is 0 Å². The van der Waals surface area contributed by atoms with Gasteiger partial charge in [0.05, 0.1) is 23.4 Å². The van der Waals surface area contributed by atoms with E-state index in [1.807, 2.05) is 0 Å². The molecule has 0 aliphatic carbocycles. The number of nitrogens with one attached hydrogen (secondary N) is 1. The van der Waals surface area contributed by atoms with E-state index in [0.717, 1.165) is 0 Å². The SMILES string of the molecule is COc1ccc(S(=O)(=O)Nc2ccccc2F)cc1N1CCCC1=O. The van der Waals surface area contributed by atoms with Gasteiger partial charge in [-0.25, -0.2) is 12.8 Å². The lowest BCUT2D eigenvalue weighted by Gasteiger charge is -2.20. The molecule has 0 unspecified atom stereocenters. The molecule has 132 valence electrons. The summed E-state index contributed by atoms with van der Waals surface area (Å²) in [5, 5.41) is 0. The van der Waals surface area contributed by atoms with E-state index in [-0.39, 0.29) is 16.5 Å². The minimum atomic E-state index is -4.01. The van der Waals surface area contributed by atoms with Gasteiger partial charge in [0.25, 0.3) is 10.0 Å². The van der Waals surface area contributed by atoms with Gasteiger partial charge in [-0.1, -0.05) is 12.1 Å². The van der Waals surface area contributed by atoms with Crippen LogP contribution in [0.2, 0.25) is 0 Å². The topological polar surface area (TPSA) is 75.7 Å². The van der Waals surface area contributed by atoms with E-state index in [0.29, 0.717) is 30.8 Å². The molecule has 0 atom stereocenters. The van der Waals surface area contributed by atoms with Gasteiger partial charge >= 0.3 is 0 Å². The van der Waals surface area contributed by atoms with Crippen LogP contribution in [0.3, 0.4) is 0 Å². The molecule has 0 saturated carbocycles. The van der Waals surface area contributed by atoms with Gasteiger partial charge in [-0.2, -0.15) is 0 Å². The second-order valence-electron chi connectivity index (χ2n) is 5.57. The van der Waals surface area contributed by atoms with Gasteiger partial charge in [0.1, 0.15) is 11.6 Å². The summed E-state index contributed by atoms with van der Waals surface area (Å²) in [6.45, 7) is 0.499. The maximum atomic E-state index is 13.7. The molecule has 1 amide bonds. The van der Waals surface area contributed by atoms with Crippen LogP contribution < -0.4 is 14.4 Å². The smallest absolute Gasteiger partial charge is 0.262 e. The highest BCUT2D eigenvalue weighted by Gasteiger charge is 2.26. The maximum Gasteiger partial charge on any atom is 0.262 e. The fraction of sp³-hybridized carbons (Fsp3) is 0.235. The second-order valence-corrected chi connectivity index (χ2v) is 7.25. The van der Waals surface area contributed by atoms with Crippen molar-refractivity contribution >= 4 is 27.3 Å². The Bertz CT molecular complexity index is 915. The van der Waals surface area contributed by atoms with E-state index in [2.05, 4.69) is 4.72 Å². The summed E-state index contributed by atoms with van der Waals surface area (Å²) >= 11 is 0. The van der Waals surface area contributed by atoms with Crippen LogP contribution in [-0.2, 0) is 14.8 Å². The predicted octanol–water partition coefficient (Wildman–Crippen LogP) is 2.76. The molecule has 1 aliphatic heterocycles. The average molecular weight is 364 g/mol. The summed E-state index contributed by atoms with van der Waals surface area (Å²) < 4.78 is 46.4. The minimum Gasteiger partial charge on any atom is -0.495 e. The second kappa shape index (κ2) is 6.72. The molecule has 2 aromatic carbocycles. The van der Waals surface area contributed by atoms with Gasteiger partial charge in [0, 0.05) is 13.0 Å². The third-order valence-corrected chi connectivity index (χ3v) is 5.31. The van der Waals surface area contributed by atoms with Gasteiger partial charge in [-0.3, -0.25) is 9.52 Å². The highest BCUT2D eigenvalue weighted by atomic mass is 32.2. The van der Waals surface area contributed by atoms with Crippen molar-refractivity contribution in [2.75, 3.05) is 23.3 Å². The molecule has 1 heterocycles. The molecule has 0 bridgehead atoms. The van der Waals surface area contributed by atoms with Crippen LogP contribution in [0.5, 0.6) is 5.75 Å². The monoisotopic (exact) mass is 364 g/mol. The number of nitrogens with zero attached hydrogens (tertiary/aromatic N) is 1. The molecule has 0 radical (unpaired) electrons. The van der Waals surface area contributed by atoms with Crippen molar-refractivity contribution in [2.24, 2.45) is 0 Å². The summed E-state index contributed by atoms with van der Waals surface area (Å²) in [5.41, 5.74) is 0.249. The van der Waals surface area contributed by atoms with Crippen molar-refractivity contribution in [1.29, 1.82) is 0 Å². The molecule has 1 fully saturated rings. The van der Waals surface area contributed by atoms with Crippen LogP contribution >= 0.6 is 0 Å². The standard InChI is InChI=1S/C17H17FN2O4S/c1-24-16-9-8-12(11-15(16)20-10-4-7-17(20)21)25(22,23)19-14-6-3-2-5-13(14)18/h2-3,5-6,8-9,11,19H,4,7,10H2,1H3. The fourth-order valence-electron chi connectivity index (χ4n) is 2.70. The van der Waals surface area contributed by atoms with Gasteiger partial charge in [0.2, 0.25) is 5.91 Å². The number of ether oxygens (including phenoxy) is 1. The minimum absolute atomic E-state index is 0.0775. The normalized spacial score (nSPS) is 14.6. The molecular weight excluding hydrogens is 347 g/mol. The van der Waals surface area contributed by atoms with Crippen LogP contribution in [0.1, 0.15) is 12.8 Å². The van der Waals surface area contributed by atoms with Gasteiger partial charge in [-0.05, 0) is 36.8 Å². The molecule has 3 rings (SSSR count). The van der Waals surface area contributed by atoms with E-state index in [1.54, 1.807) is 0 Å². The number of anilines is 2. The van der Waals surface area contributed by atoms with Crippen molar-refractivity contribution in [3.05, 3.63) is 48.3 Å². The van der Waals surface area contributed by atoms with E-state index >= 15 is 0 Å². The molecule has 25 heavy (non-hydrogen) atoms. The summed E-state index contributed by atoms with van der Waals surface area (Å²) in [6, 6.07) is 9.70. The van der Waals surface area contributed by atoms with Crippen molar-refractivity contribution in [1.82, 2.24) is 0 Å². The predicted molar refractivity (Wildman–Crippen MR) is 91.8 cm³/mol. The largest absolute Gasteiger partial charge is 0.495 e. The summed E-state index contributed by atoms with van der Waals surface area (Å²) in [4.78, 5) is 13.4. The molecule has 1 N–H and O–H groups in total. The van der Waals surface area contributed by atoms with Crippen molar-refractivity contribution < 1.29 is 22.3 Å². The molecule has 0 aromatic heterocycles. The number of amides is 1. The number of benzene rings is 2. The third kappa shape index (κ3) is 3.43. The zero-order valence-corrected chi connectivity index (χ0v) is 14.3. The first-order chi connectivity index (χ1) is 11.9. The number of carbonyl (C=O) groups excluding carboxylic acids is 1. The first-order valence-electron chi connectivity index (χ1n) is 7.68. The Morgan fingerprint density at radius 3 is 2.60 bits per heavy atom. The molecule has 8 heteroatoms. The lowest BCUT2D eigenvalue weighted by molar-refractivity contribution is -0.117. The van der Waals surface area contributed by atoms with Crippen LogP contribution in [0.4, 0.5) is 15.8 Å². The molecular formula is C17H17FN2O4S. The number of hydrogen-bond donors (Lipinski definition) is 1. The Morgan fingerprint density at radius 1 is 1.20 bits per heavy atom. The number of methoxy groups -OCH3 is 1. The van der Waals surface area contributed by atoms with Crippen molar-refractivity contribution in [3.63, 3.8) is 0 Å². The number of halogens is 1. The number of para-hydroxylation sites is 1. The van der Waals surface area contributed by atoms with Gasteiger partial charge < -0.3 is 9.64 Å². The molecule has 2 aromatic rings. The summed E-state index contributed by atoms with van der Waals surface area (Å²) in [5.74, 6) is -0.357. The van der Waals surface area contributed by atoms with Crippen LogP contribution in [0, 0.1) is 5.82 Å². The number of hydrogen-bond acceptors (Lipinski definition) is 4. The Morgan fingerprint density at radius 2 is 1.96 bits per heavy atom. The molecule has 6 nitrogen and oxygen atoms in total. The molecule has 0 spiro atoms. The van der Waals surface area contributed by atoms with E-state index < -0.39 is 15.8 Å². The summed E-state index contributed by atoms with van der Waals surface area (Å²) in [6.07, 6.45) is 1.11. The lowest BCUT2D eigenvalue weighted by Crippen LogP contribution is -2.25. The quantitative estimate of drug-likeness (QED) is 0.885. The third-order valence-electron chi connectivity index (χ3n) is 3.94. The Labute approximate surface area is 145 Å². The average Bonchev–Trinajstić information content (AvgIpc) is 3.02. The fourth-order valence-corrected chi connectivity index (χ4v) is 3.79. The Balaban J connectivity index is 1.99. The Hall–Kier alpha value is -2.61. The molecule has 1 saturated heterocycles. The number of carbonyl (C=O) groups is 1. The van der Waals surface area contributed by atoms with E-state index in [1.165, 1.54) is 54.5 Å². The maximum absolute atomic E-state index is 13.7. The number of rotatable bonds is 5. The van der Waals surface area contributed by atoms with Crippen LogP contribution in [0.15, 0.2) is 47.4 Å². The zero-order chi connectivity index (χ0) is 18.0. The first kappa shape index (κ1) is 17.2. The van der Waals surface area contributed by atoms with Gasteiger partial charge in [-0.15, -0.1) is 0 Å². The number of sulfonamides is 1. The highest BCUT2D eigenvalue weighted by molar-refractivity contribution is 7.92. The lowest BCUT2D eigenvalue weighted by atomic mass is 10.2.